The van der Waals surface area contributed by atoms with Crippen LogP contribution in [0.3, 0.4) is 0 Å². The van der Waals surface area contributed by atoms with Gasteiger partial charge in [-0.15, -0.1) is 0 Å². The molecule has 1 heterocycles. The van der Waals surface area contributed by atoms with Gasteiger partial charge in [0.2, 0.25) is 5.91 Å². The second kappa shape index (κ2) is 11.4. The van der Waals surface area contributed by atoms with Crippen molar-refractivity contribution in [3.8, 4) is 5.75 Å². The minimum Gasteiger partial charge on any atom is -0.495 e. The van der Waals surface area contributed by atoms with E-state index in [1.54, 1.807) is 7.11 Å². The predicted molar refractivity (Wildman–Crippen MR) is 125 cm³/mol. The number of amides is 1. The van der Waals surface area contributed by atoms with Gasteiger partial charge in [0, 0.05) is 46.2 Å². The summed E-state index contributed by atoms with van der Waals surface area (Å²) in [4.78, 5) is 21.1. The summed E-state index contributed by atoms with van der Waals surface area (Å²) in [5.74, 6) is 1.45. The van der Waals surface area contributed by atoms with Crippen LogP contribution in [0.25, 0.3) is 0 Å². The molecule has 0 aliphatic carbocycles. The maximum Gasteiger partial charge on any atom is 0.221 e. The molecule has 0 radical (unpaired) electrons. The molecule has 0 saturated carbocycles. The molecule has 1 aliphatic heterocycles. The Labute approximate surface area is 185 Å². The van der Waals surface area contributed by atoms with E-state index in [9.17, 15) is 4.79 Å². The number of aliphatic imine (C=N–C) groups is 1. The smallest absolute Gasteiger partial charge is 0.221 e. The van der Waals surface area contributed by atoms with Crippen molar-refractivity contribution in [1.82, 2.24) is 15.1 Å². The number of anilines is 1. The van der Waals surface area contributed by atoms with Crippen molar-refractivity contribution in [2.45, 2.75) is 26.9 Å². The maximum atomic E-state index is 11.5. The van der Waals surface area contributed by atoms with Crippen LogP contribution in [0.2, 0.25) is 0 Å². The molecule has 0 spiro atoms. The van der Waals surface area contributed by atoms with Crippen LogP contribution in [-0.2, 0) is 17.9 Å². The highest BCUT2D eigenvalue weighted by molar-refractivity contribution is 5.90. The van der Waals surface area contributed by atoms with E-state index in [0.29, 0.717) is 18.0 Å². The van der Waals surface area contributed by atoms with Gasteiger partial charge in [-0.1, -0.05) is 36.4 Å². The maximum absolute atomic E-state index is 11.5. The van der Waals surface area contributed by atoms with E-state index in [1.807, 2.05) is 18.2 Å². The summed E-state index contributed by atoms with van der Waals surface area (Å²) in [7, 11) is 1.60. The molecule has 0 aromatic heterocycles. The van der Waals surface area contributed by atoms with Crippen molar-refractivity contribution < 1.29 is 9.53 Å². The zero-order valence-electron chi connectivity index (χ0n) is 18.7. The summed E-state index contributed by atoms with van der Waals surface area (Å²) in [6.07, 6.45) is 0. The summed E-state index contributed by atoms with van der Waals surface area (Å²) in [6, 6.07) is 16.4. The Kier molecular flexibility index (Phi) is 8.29. The fourth-order valence-corrected chi connectivity index (χ4v) is 3.69. The number of ether oxygens (including phenoxy) is 1. The molecule has 166 valence electrons. The SMILES string of the molecule is CCNC(=NCc1ccc(OC)c(NC(C)=O)c1)N1CCN(Cc2ccccc2)CC1. The van der Waals surface area contributed by atoms with Crippen molar-refractivity contribution in [3.63, 3.8) is 0 Å². The molecular formula is C24H33N5O2. The third kappa shape index (κ3) is 6.72. The quantitative estimate of drug-likeness (QED) is 0.529. The van der Waals surface area contributed by atoms with E-state index < -0.39 is 0 Å². The Morgan fingerprint density at radius 2 is 1.81 bits per heavy atom. The normalized spacial score (nSPS) is 14.9. The van der Waals surface area contributed by atoms with E-state index in [2.05, 4.69) is 57.7 Å². The van der Waals surface area contributed by atoms with Gasteiger partial charge >= 0.3 is 0 Å². The summed E-state index contributed by atoms with van der Waals surface area (Å²) < 4.78 is 5.34. The van der Waals surface area contributed by atoms with Crippen molar-refractivity contribution in [1.29, 1.82) is 0 Å². The molecule has 1 saturated heterocycles. The zero-order chi connectivity index (χ0) is 22.1. The second-order valence-corrected chi connectivity index (χ2v) is 7.63. The first-order valence-corrected chi connectivity index (χ1v) is 10.8. The molecule has 31 heavy (non-hydrogen) atoms. The lowest BCUT2D eigenvalue weighted by Crippen LogP contribution is -2.52. The number of rotatable bonds is 7. The number of carbonyl (C=O) groups excluding carboxylic acids is 1. The van der Waals surface area contributed by atoms with E-state index in [1.165, 1.54) is 12.5 Å². The Morgan fingerprint density at radius 3 is 2.45 bits per heavy atom. The van der Waals surface area contributed by atoms with Crippen molar-refractivity contribution in [3.05, 3.63) is 59.7 Å². The molecular weight excluding hydrogens is 390 g/mol. The largest absolute Gasteiger partial charge is 0.495 e. The first-order chi connectivity index (χ1) is 15.1. The molecule has 1 aliphatic rings. The number of piperazine rings is 1. The molecule has 2 aromatic carbocycles. The van der Waals surface area contributed by atoms with Crippen LogP contribution in [0.1, 0.15) is 25.0 Å². The van der Waals surface area contributed by atoms with Crippen LogP contribution < -0.4 is 15.4 Å². The van der Waals surface area contributed by atoms with Gasteiger partial charge in [-0.05, 0) is 30.2 Å². The number of hydrogen-bond donors (Lipinski definition) is 2. The number of methoxy groups -OCH3 is 1. The summed E-state index contributed by atoms with van der Waals surface area (Å²) in [5.41, 5.74) is 3.04. The van der Waals surface area contributed by atoms with Gasteiger partial charge in [-0.3, -0.25) is 9.69 Å². The third-order valence-corrected chi connectivity index (χ3v) is 5.24. The molecule has 1 fully saturated rings. The molecule has 7 heteroatoms. The molecule has 0 atom stereocenters. The number of benzene rings is 2. The molecule has 3 rings (SSSR count). The van der Waals surface area contributed by atoms with Crippen LogP contribution in [0.5, 0.6) is 5.75 Å². The summed E-state index contributed by atoms with van der Waals surface area (Å²) in [5, 5.41) is 6.24. The van der Waals surface area contributed by atoms with Crippen molar-refractivity contribution >= 4 is 17.6 Å². The number of guanidine groups is 1. The Morgan fingerprint density at radius 1 is 1.06 bits per heavy atom. The lowest BCUT2D eigenvalue weighted by molar-refractivity contribution is -0.114. The van der Waals surface area contributed by atoms with Crippen molar-refractivity contribution in [2.24, 2.45) is 4.99 Å². The van der Waals surface area contributed by atoms with Gasteiger partial charge in [0.1, 0.15) is 5.75 Å². The fourth-order valence-electron chi connectivity index (χ4n) is 3.69. The van der Waals surface area contributed by atoms with Crippen LogP contribution in [-0.4, -0.2) is 61.5 Å². The van der Waals surface area contributed by atoms with Crippen LogP contribution in [0.15, 0.2) is 53.5 Å². The highest BCUT2D eigenvalue weighted by atomic mass is 16.5. The first-order valence-electron chi connectivity index (χ1n) is 10.8. The number of carbonyl (C=O) groups is 1. The van der Waals surface area contributed by atoms with Gasteiger partial charge in [0.05, 0.1) is 19.3 Å². The van der Waals surface area contributed by atoms with E-state index >= 15 is 0 Å². The van der Waals surface area contributed by atoms with Crippen LogP contribution in [0.4, 0.5) is 5.69 Å². The second-order valence-electron chi connectivity index (χ2n) is 7.63. The first kappa shape index (κ1) is 22.6. The number of hydrogen-bond acceptors (Lipinski definition) is 4. The third-order valence-electron chi connectivity index (χ3n) is 5.24. The standard InChI is InChI=1S/C24H33N5O2/c1-4-25-24(26-17-21-10-11-23(31-3)22(16-21)27-19(2)30)29-14-12-28(13-15-29)18-20-8-6-5-7-9-20/h5-11,16H,4,12-15,17-18H2,1-3H3,(H,25,26)(H,27,30). The molecule has 2 N–H and O–H groups in total. The van der Waals surface area contributed by atoms with Crippen LogP contribution >= 0.6 is 0 Å². The van der Waals surface area contributed by atoms with Gasteiger partial charge in [0.25, 0.3) is 0 Å². The Balaban J connectivity index is 1.62. The predicted octanol–water partition coefficient (Wildman–Crippen LogP) is 2.94. The molecule has 2 aromatic rings. The van der Waals surface area contributed by atoms with E-state index in [-0.39, 0.29) is 5.91 Å². The van der Waals surface area contributed by atoms with Crippen molar-refractivity contribution in [2.75, 3.05) is 45.2 Å². The monoisotopic (exact) mass is 423 g/mol. The number of nitrogens with zero attached hydrogens (tertiary/aromatic N) is 3. The van der Waals surface area contributed by atoms with Gasteiger partial charge in [0.15, 0.2) is 5.96 Å². The van der Waals surface area contributed by atoms with Gasteiger partial charge in [-0.2, -0.15) is 0 Å². The minimum atomic E-state index is -0.124. The lowest BCUT2D eigenvalue weighted by atomic mass is 10.2. The van der Waals surface area contributed by atoms with E-state index in [4.69, 9.17) is 9.73 Å². The van der Waals surface area contributed by atoms with Gasteiger partial charge in [-0.25, -0.2) is 4.99 Å². The highest BCUT2D eigenvalue weighted by Gasteiger charge is 2.19. The lowest BCUT2D eigenvalue weighted by Gasteiger charge is -2.36. The van der Waals surface area contributed by atoms with Crippen LogP contribution in [0, 0.1) is 0 Å². The topological polar surface area (TPSA) is 69.2 Å². The highest BCUT2D eigenvalue weighted by Crippen LogP contribution is 2.25. The average molecular weight is 424 g/mol. The summed E-state index contributed by atoms with van der Waals surface area (Å²) in [6.45, 7) is 9.82. The molecule has 7 nitrogen and oxygen atoms in total. The van der Waals surface area contributed by atoms with Gasteiger partial charge < -0.3 is 20.3 Å². The fraction of sp³-hybridized carbons (Fsp3) is 0.417. The average Bonchev–Trinajstić information content (AvgIpc) is 2.78. The Bertz CT molecular complexity index is 877. The summed E-state index contributed by atoms with van der Waals surface area (Å²) >= 11 is 0. The molecule has 1 amide bonds. The molecule has 0 bridgehead atoms. The minimum absolute atomic E-state index is 0.124. The van der Waals surface area contributed by atoms with E-state index in [0.717, 1.165) is 50.8 Å². The number of nitrogens with one attached hydrogen (secondary N) is 2. The zero-order valence-corrected chi connectivity index (χ0v) is 18.7. The molecule has 0 unspecified atom stereocenters. The Hall–Kier alpha value is -3.06.